The fraction of sp³-hybridized carbons (Fsp3) is 0.182. The summed E-state index contributed by atoms with van der Waals surface area (Å²) in [5.74, 6) is 1.72. The maximum atomic E-state index is 6.15. The standard InChI is InChI=1S/C22H22ClNO2/c1-2-25-20-13-9-19(10-14-20)24-15-17-7-11-21(12-8-17)26-16-18-5-3-4-6-22(18)23/h3-14,24H,2,15-16H2,1H3. The summed E-state index contributed by atoms with van der Waals surface area (Å²) in [5.41, 5.74) is 3.23. The molecule has 0 heterocycles. The molecule has 0 atom stereocenters. The molecule has 0 bridgehead atoms. The van der Waals surface area contributed by atoms with Crippen LogP contribution >= 0.6 is 11.6 Å². The zero-order valence-electron chi connectivity index (χ0n) is 14.7. The van der Waals surface area contributed by atoms with Gasteiger partial charge in [0.1, 0.15) is 18.1 Å². The van der Waals surface area contributed by atoms with E-state index in [1.165, 1.54) is 5.56 Å². The van der Waals surface area contributed by atoms with Crippen LogP contribution in [0, 0.1) is 0 Å². The molecule has 0 amide bonds. The number of halogens is 1. The lowest BCUT2D eigenvalue weighted by molar-refractivity contribution is 0.306. The van der Waals surface area contributed by atoms with Gasteiger partial charge in [-0.25, -0.2) is 0 Å². The van der Waals surface area contributed by atoms with Gasteiger partial charge in [-0.2, -0.15) is 0 Å². The minimum absolute atomic E-state index is 0.462. The Labute approximate surface area is 159 Å². The van der Waals surface area contributed by atoms with Crippen molar-refractivity contribution in [1.29, 1.82) is 0 Å². The maximum Gasteiger partial charge on any atom is 0.119 e. The average Bonchev–Trinajstić information content (AvgIpc) is 2.68. The predicted molar refractivity (Wildman–Crippen MR) is 107 cm³/mol. The summed E-state index contributed by atoms with van der Waals surface area (Å²) in [6.45, 7) is 3.87. The van der Waals surface area contributed by atoms with E-state index in [0.29, 0.717) is 13.2 Å². The number of ether oxygens (including phenoxy) is 2. The van der Waals surface area contributed by atoms with Crippen molar-refractivity contribution in [2.75, 3.05) is 11.9 Å². The lowest BCUT2D eigenvalue weighted by atomic mass is 10.2. The summed E-state index contributed by atoms with van der Waals surface area (Å²) in [7, 11) is 0. The smallest absolute Gasteiger partial charge is 0.119 e. The molecule has 26 heavy (non-hydrogen) atoms. The van der Waals surface area contributed by atoms with Gasteiger partial charge in [0.25, 0.3) is 0 Å². The van der Waals surface area contributed by atoms with E-state index in [0.717, 1.165) is 34.3 Å². The Hall–Kier alpha value is -2.65. The highest BCUT2D eigenvalue weighted by atomic mass is 35.5. The third kappa shape index (κ3) is 5.17. The van der Waals surface area contributed by atoms with Crippen LogP contribution in [0.5, 0.6) is 11.5 Å². The molecule has 4 heteroatoms. The Morgan fingerprint density at radius 2 is 1.46 bits per heavy atom. The lowest BCUT2D eigenvalue weighted by Gasteiger charge is -2.10. The van der Waals surface area contributed by atoms with Crippen LogP contribution in [-0.4, -0.2) is 6.61 Å². The van der Waals surface area contributed by atoms with E-state index >= 15 is 0 Å². The summed E-state index contributed by atoms with van der Waals surface area (Å²) in [6.07, 6.45) is 0. The van der Waals surface area contributed by atoms with Crippen molar-refractivity contribution in [3.8, 4) is 11.5 Å². The molecule has 3 rings (SSSR count). The normalized spacial score (nSPS) is 10.4. The summed E-state index contributed by atoms with van der Waals surface area (Å²) in [5, 5.41) is 4.13. The fourth-order valence-corrected chi connectivity index (χ4v) is 2.71. The average molecular weight is 368 g/mol. The van der Waals surface area contributed by atoms with Gasteiger partial charge in [-0.15, -0.1) is 0 Å². The van der Waals surface area contributed by atoms with Crippen molar-refractivity contribution >= 4 is 17.3 Å². The van der Waals surface area contributed by atoms with E-state index < -0.39 is 0 Å². The molecule has 0 aliphatic carbocycles. The number of nitrogens with one attached hydrogen (secondary N) is 1. The summed E-state index contributed by atoms with van der Waals surface area (Å²) in [4.78, 5) is 0. The topological polar surface area (TPSA) is 30.5 Å². The largest absolute Gasteiger partial charge is 0.494 e. The van der Waals surface area contributed by atoms with E-state index in [1.807, 2.05) is 67.6 Å². The Bertz CT molecular complexity index is 816. The van der Waals surface area contributed by atoms with E-state index in [1.54, 1.807) is 0 Å². The second kappa shape index (κ2) is 9.16. The molecule has 134 valence electrons. The fourth-order valence-electron chi connectivity index (χ4n) is 2.52. The molecule has 0 fully saturated rings. The molecule has 0 aromatic heterocycles. The predicted octanol–water partition coefficient (Wildman–Crippen LogP) is 5.93. The minimum atomic E-state index is 0.462. The highest BCUT2D eigenvalue weighted by Crippen LogP contribution is 2.20. The lowest BCUT2D eigenvalue weighted by Crippen LogP contribution is -2.00. The molecular formula is C22H22ClNO2. The first-order valence-corrected chi connectivity index (χ1v) is 9.04. The Morgan fingerprint density at radius 1 is 0.808 bits per heavy atom. The van der Waals surface area contributed by atoms with Crippen LogP contribution in [-0.2, 0) is 13.2 Å². The quantitative estimate of drug-likeness (QED) is 0.535. The number of hydrogen-bond donors (Lipinski definition) is 1. The second-order valence-corrected chi connectivity index (χ2v) is 6.24. The number of anilines is 1. The number of benzene rings is 3. The first-order valence-electron chi connectivity index (χ1n) is 8.66. The number of rotatable bonds is 8. The molecule has 0 aliphatic heterocycles. The van der Waals surface area contributed by atoms with Gasteiger partial charge in [-0.1, -0.05) is 41.9 Å². The van der Waals surface area contributed by atoms with E-state index in [2.05, 4.69) is 17.4 Å². The van der Waals surface area contributed by atoms with Gasteiger partial charge in [0.05, 0.1) is 6.61 Å². The van der Waals surface area contributed by atoms with Gasteiger partial charge in [0.15, 0.2) is 0 Å². The zero-order valence-corrected chi connectivity index (χ0v) is 15.5. The van der Waals surface area contributed by atoms with Crippen LogP contribution in [0.4, 0.5) is 5.69 Å². The van der Waals surface area contributed by atoms with Crippen molar-refractivity contribution in [1.82, 2.24) is 0 Å². The van der Waals surface area contributed by atoms with Crippen LogP contribution in [0.3, 0.4) is 0 Å². The van der Waals surface area contributed by atoms with Crippen LogP contribution in [0.25, 0.3) is 0 Å². The van der Waals surface area contributed by atoms with Gasteiger partial charge >= 0.3 is 0 Å². The van der Waals surface area contributed by atoms with Gasteiger partial charge in [0, 0.05) is 22.8 Å². The van der Waals surface area contributed by atoms with Crippen molar-refractivity contribution in [2.24, 2.45) is 0 Å². The molecular weight excluding hydrogens is 346 g/mol. The number of hydrogen-bond acceptors (Lipinski definition) is 3. The van der Waals surface area contributed by atoms with Crippen molar-refractivity contribution in [3.63, 3.8) is 0 Å². The second-order valence-electron chi connectivity index (χ2n) is 5.83. The SMILES string of the molecule is CCOc1ccc(NCc2ccc(OCc3ccccc3Cl)cc2)cc1. The van der Waals surface area contributed by atoms with Crippen molar-refractivity contribution in [2.45, 2.75) is 20.1 Å². The molecule has 0 saturated heterocycles. The minimum Gasteiger partial charge on any atom is -0.494 e. The molecule has 1 N–H and O–H groups in total. The summed E-state index contributed by atoms with van der Waals surface area (Å²) < 4.78 is 11.3. The van der Waals surface area contributed by atoms with Gasteiger partial charge in [-0.3, -0.25) is 0 Å². The van der Waals surface area contributed by atoms with Crippen LogP contribution < -0.4 is 14.8 Å². The molecule has 3 aromatic rings. The third-order valence-electron chi connectivity index (χ3n) is 3.94. The van der Waals surface area contributed by atoms with Gasteiger partial charge in [0.2, 0.25) is 0 Å². The third-order valence-corrected chi connectivity index (χ3v) is 4.31. The first-order chi connectivity index (χ1) is 12.7. The molecule has 3 aromatic carbocycles. The molecule has 3 nitrogen and oxygen atoms in total. The first kappa shape index (κ1) is 18.2. The van der Waals surface area contributed by atoms with Gasteiger partial charge < -0.3 is 14.8 Å². The molecule has 0 spiro atoms. The van der Waals surface area contributed by atoms with Gasteiger partial charge in [-0.05, 0) is 55.0 Å². The highest BCUT2D eigenvalue weighted by Gasteiger charge is 2.01. The Kier molecular flexibility index (Phi) is 6.39. The summed E-state index contributed by atoms with van der Waals surface area (Å²) in [6, 6.07) is 23.8. The maximum absolute atomic E-state index is 6.15. The molecule has 0 radical (unpaired) electrons. The molecule has 0 unspecified atom stereocenters. The summed E-state index contributed by atoms with van der Waals surface area (Å²) >= 11 is 6.15. The van der Waals surface area contributed by atoms with Crippen LogP contribution in [0.15, 0.2) is 72.8 Å². The molecule has 0 saturated carbocycles. The molecule has 0 aliphatic rings. The zero-order chi connectivity index (χ0) is 18.2. The van der Waals surface area contributed by atoms with Crippen molar-refractivity contribution in [3.05, 3.63) is 88.9 Å². The van der Waals surface area contributed by atoms with Crippen molar-refractivity contribution < 1.29 is 9.47 Å². The highest BCUT2D eigenvalue weighted by molar-refractivity contribution is 6.31. The van der Waals surface area contributed by atoms with E-state index in [9.17, 15) is 0 Å². The monoisotopic (exact) mass is 367 g/mol. The van der Waals surface area contributed by atoms with Crippen LogP contribution in [0.2, 0.25) is 5.02 Å². The van der Waals surface area contributed by atoms with E-state index in [4.69, 9.17) is 21.1 Å². The Morgan fingerprint density at radius 3 is 2.15 bits per heavy atom. The Balaban J connectivity index is 1.50. The van der Waals surface area contributed by atoms with Crippen LogP contribution in [0.1, 0.15) is 18.1 Å². The van der Waals surface area contributed by atoms with E-state index in [-0.39, 0.29) is 0 Å².